The van der Waals surface area contributed by atoms with Crippen LogP contribution in [0.2, 0.25) is 0 Å². The highest BCUT2D eigenvalue weighted by Gasteiger charge is 2.29. The summed E-state index contributed by atoms with van der Waals surface area (Å²) < 4.78 is 1.60. The quantitative estimate of drug-likeness (QED) is 0.923. The topological polar surface area (TPSA) is 89.8 Å². The molecule has 114 valence electrons. The molecule has 0 fully saturated rings. The second-order valence-corrected chi connectivity index (χ2v) is 5.82. The molecule has 1 amide bonds. The number of nitrogens with one attached hydrogen (secondary N) is 1. The Bertz CT molecular complexity index is 721. The first kappa shape index (κ1) is 14.4. The lowest BCUT2D eigenvalue weighted by atomic mass is 10.0. The molecule has 3 rings (SSSR count). The van der Waals surface area contributed by atoms with Crippen LogP contribution < -0.4 is 5.32 Å². The van der Waals surface area contributed by atoms with Gasteiger partial charge in [0.25, 0.3) is 5.91 Å². The van der Waals surface area contributed by atoms with Crippen molar-refractivity contribution in [3.8, 4) is 0 Å². The second kappa shape index (κ2) is 5.32. The normalized spacial score (nSPS) is 14.5. The number of ketones is 1. The number of Topliss-reactive ketones (excluding diaryl/α,β-unsaturated/α-hetero) is 1. The summed E-state index contributed by atoms with van der Waals surface area (Å²) in [5.74, 6) is 0.207. The van der Waals surface area contributed by atoms with Crippen molar-refractivity contribution in [2.45, 2.75) is 38.8 Å². The molecule has 0 radical (unpaired) electrons. The summed E-state index contributed by atoms with van der Waals surface area (Å²) in [6.07, 6.45) is 4.53. The lowest BCUT2D eigenvalue weighted by molar-refractivity contribution is 0.0900. The fourth-order valence-electron chi connectivity index (χ4n) is 2.47. The van der Waals surface area contributed by atoms with Crippen LogP contribution >= 0.6 is 0 Å². The first-order valence-corrected chi connectivity index (χ1v) is 7.18. The van der Waals surface area contributed by atoms with Crippen molar-refractivity contribution in [1.29, 1.82) is 0 Å². The van der Waals surface area contributed by atoms with Gasteiger partial charge in [0.05, 0.1) is 5.54 Å². The van der Waals surface area contributed by atoms with Crippen LogP contribution in [0.1, 0.15) is 53.5 Å². The van der Waals surface area contributed by atoms with Crippen LogP contribution in [0.15, 0.2) is 24.5 Å². The molecule has 0 aromatic carbocycles. The van der Waals surface area contributed by atoms with E-state index in [-0.39, 0.29) is 17.4 Å². The SMILES string of the molecule is CC(C)(NC(=O)c1cc2n(n1)CCCC2=O)c1ncccn1. The maximum absolute atomic E-state index is 12.4. The molecule has 7 nitrogen and oxygen atoms in total. The van der Waals surface area contributed by atoms with Gasteiger partial charge in [0.2, 0.25) is 0 Å². The number of amides is 1. The van der Waals surface area contributed by atoms with Crippen molar-refractivity contribution >= 4 is 11.7 Å². The molecule has 3 heterocycles. The molecule has 0 atom stereocenters. The average Bonchev–Trinajstić information content (AvgIpc) is 2.93. The van der Waals surface area contributed by atoms with Crippen molar-refractivity contribution in [2.24, 2.45) is 0 Å². The third-order valence-corrected chi connectivity index (χ3v) is 3.62. The Morgan fingerprint density at radius 2 is 2.05 bits per heavy atom. The van der Waals surface area contributed by atoms with Crippen molar-refractivity contribution < 1.29 is 9.59 Å². The minimum atomic E-state index is -0.730. The maximum Gasteiger partial charge on any atom is 0.272 e. The highest BCUT2D eigenvalue weighted by Crippen LogP contribution is 2.18. The van der Waals surface area contributed by atoms with Crippen molar-refractivity contribution in [3.63, 3.8) is 0 Å². The summed E-state index contributed by atoms with van der Waals surface area (Å²) in [7, 11) is 0. The molecule has 1 aliphatic heterocycles. The molecule has 1 aliphatic rings. The third kappa shape index (κ3) is 2.61. The van der Waals surface area contributed by atoms with Crippen LogP contribution in [0, 0.1) is 0 Å². The molecule has 0 aliphatic carbocycles. The Morgan fingerprint density at radius 1 is 1.32 bits per heavy atom. The molecule has 0 bridgehead atoms. The minimum Gasteiger partial charge on any atom is -0.338 e. The van der Waals surface area contributed by atoms with Crippen LogP contribution in [-0.2, 0) is 12.1 Å². The summed E-state index contributed by atoms with van der Waals surface area (Å²) in [5, 5.41) is 7.08. The van der Waals surface area contributed by atoms with E-state index >= 15 is 0 Å². The standard InChI is InChI=1S/C15H17N5O2/c1-15(2,14-16-6-4-7-17-14)18-13(22)10-9-11-12(21)5-3-8-20(11)19-10/h4,6-7,9H,3,5,8H2,1-2H3,(H,18,22). The number of carbonyl (C=O) groups excluding carboxylic acids is 2. The van der Waals surface area contributed by atoms with E-state index in [0.29, 0.717) is 24.5 Å². The molecule has 22 heavy (non-hydrogen) atoms. The molecule has 0 unspecified atom stereocenters. The molecular weight excluding hydrogens is 282 g/mol. The van der Waals surface area contributed by atoms with Crippen molar-refractivity contribution in [2.75, 3.05) is 0 Å². The van der Waals surface area contributed by atoms with E-state index < -0.39 is 5.54 Å². The Kier molecular flexibility index (Phi) is 3.48. The number of aromatic nitrogens is 4. The van der Waals surface area contributed by atoms with Crippen LogP contribution in [-0.4, -0.2) is 31.4 Å². The number of hydrogen-bond acceptors (Lipinski definition) is 5. The van der Waals surface area contributed by atoms with Gasteiger partial charge in [-0.3, -0.25) is 14.3 Å². The van der Waals surface area contributed by atoms with Crippen LogP contribution in [0.3, 0.4) is 0 Å². The second-order valence-electron chi connectivity index (χ2n) is 5.82. The highest BCUT2D eigenvalue weighted by molar-refractivity contribution is 5.99. The fourth-order valence-corrected chi connectivity index (χ4v) is 2.47. The number of carbonyl (C=O) groups is 2. The first-order valence-electron chi connectivity index (χ1n) is 7.18. The maximum atomic E-state index is 12.4. The van der Waals surface area contributed by atoms with Gasteiger partial charge in [0.15, 0.2) is 17.3 Å². The summed E-state index contributed by atoms with van der Waals surface area (Å²) in [6, 6.07) is 3.27. The summed E-state index contributed by atoms with van der Waals surface area (Å²) in [5.41, 5.74) is 0.0198. The van der Waals surface area contributed by atoms with E-state index in [0.717, 1.165) is 6.42 Å². The van der Waals surface area contributed by atoms with E-state index in [2.05, 4.69) is 20.4 Å². The molecule has 1 N–H and O–H groups in total. The molecule has 0 saturated carbocycles. The Morgan fingerprint density at radius 3 is 2.73 bits per heavy atom. The Hall–Kier alpha value is -2.57. The predicted molar refractivity (Wildman–Crippen MR) is 78.3 cm³/mol. The molecule has 0 spiro atoms. The van der Waals surface area contributed by atoms with E-state index in [1.54, 1.807) is 29.2 Å². The van der Waals surface area contributed by atoms with Gasteiger partial charge in [-0.25, -0.2) is 9.97 Å². The zero-order valence-corrected chi connectivity index (χ0v) is 12.5. The predicted octanol–water partition coefficient (Wildman–Crippen LogP) is 1.31. The largest absolute Gasteiger partial charge is 0.338 e. The van der Waals surface area contributed by atoms with E-state index in [9.17, 15) is 9.59 Å². The summed E-state index contributed by atoms with van der Waals surface area (Å²) >= 11 is 0. The number of nitrogens with zero attached hydrogens (tertiary/aromatic N) is 4. The summed E-state index contributed by atoms with van der Waals surface area (Å²) in [6.45, 7) is 4.31. The molecule has 2 aromatic rings. The minimum absolute atomic E-state index is 0.0310. The van der Waals surface area contributed by atoms with Gasteiger partial charge in [-0.1, -0.05) is 0 Å². The molecule has 0 saturated heterocycles. The fraction of sp³-hybridized carbons (Fsp3) is 0.400. The van der Waals surface area contributed by atoms with E-state index in [4.69, 9.17) is 0 Å². The number of rotatable bonds is 3. The smallest absolute Gasteiger partial charge is 0.272 e. The van der Waals surface area contributed by atoms with Crippen molar-refractivity contribution in [1.82, 2.24) is 25.1 Å². The monoisotopic (exact) mass is 299 g/mol. The van der Waals surface area contributed by atoms with E-state index in [1.165, 1.54) is 0 Å². The molecule has 2 aromatic heterocycles. The molecular formula is C15H17N5O2. The van der Waals surface area contributed by atoms with Crippen LogP contribution in [0.25, 0.3) is 0 Å². The number of hydrogen-bond donors (Lipinski definition) is 1. The van der Waals surface area contributed by atoms with Crippen molar-refractivity contribution in [3.05, 3.63) is 41.7 Å². The average molecular weight is 299 g/mol. The van der Waals surface area contributed by atoms with E-state index in [1.807, 2.05) is 13.8 Å². The third-order valence-electron chi connectivity index (χ3n) is 3.62. The zero-order valence-electron chi connectivity index (χ0n) is 12.5. The summed E-state index contributed by atoms with van der Waals surface area (Å²) in [4.78, 5) is 32.6. The van der Waals surface area contributed by atoms with Crippen LogP contribution in [0.4, 0.5) is 0 Å². The van der Waals surface area contributed by atoms with Gasteiger partial charge in [-0.15, -0.1) is 0 Å². The lowest BCUT2D eigenvalue weighted by Crippen LogP contribution is -2.42. The van der Waals surface area contributed by atoms with Gasteiger partial charge in [-0.2, -0.15) is 5.10 Å². The molecule has 7 heteroatoms. The van der Waals surface area contributed by atoms with Gasteiger partial charge in [0, 0.05) is 31.4 Å². The Labute approximate surface area is 127 Å². The van der Waals surface area contributed by atoms with Crippen LogP contribution in [0.5, 0.6) is 0 Å². The highest BCUT2D eigenvalue weighted by atomic mass is 16.2. The van der Waals surface area contributed by atoms with Gasteiger partial charge >= 0.3 is 0 Å². The number of fused-ring (bicyclic) bond motifs is 1. The zero-order chi connectivity index (χ0) is 15.7. The van der Waals surface area contributed by atoms with Gasteiger partial charge < -0.3 is 5.32 Å². The number of aryl methyl sites for hydroxylation is 1. The Balaban J connectivity index is 1.82. The van der Waals surface area contributed by atoms with Gasteiger partial charge in [0.1, 0.15) is 5.69 Å². The van der Waals surface area contributed by atoms with Gasteiger partial charge in [-0.05, 0) is 26.3 Å². The first-order chi connectivity index (χ1) is 10.5. The lowest BCUT2D eigenvalue weighted by Gasteiger charge is -2.23.